The molecule has 112 valence electrons. The molecule has 0 unspecified atom stereocenters. The van der Waals surface area contributed by atoms with Gasteiger partial charge in [0.1, 0.15) is 0 Å². The van der Waals surface area contributed by atoms with Crippen molar-refractivity contribution in [1.29, 1.82) is 0 Å². The summed E-state index contributed by atoms with van der Waals surface area (Å²) >= 11 is 0. The minimum Gasteiger partial charge on any atom is -0.399 e. The molecule has 2 aromatic rings. The van der Waals surface area contributed by atoms with Gasteiger partial charge in [0.05, 0.1) is 5.69 Å². The molecule has 5 heteroatoms. The van der Waals surface area contributed by atoms with Crippen molar-refractivity contribution in [1.82, 2.24) is 9.78 Å². The molecule has 3 N–H and O–H groups in total. The van der Waals surface area contributed by atoms with Crippen LogP contribution in [0.15, 0.2) is 30.3 Å². The highest BCUT2D eigenvalue weighted by atomic mass is 16.1. The molecule has 0 aliphatic heterocycles. The Labute approximate surface area is 125 Å². The molecule has 5 nitrogen and oxygen atoms in total. The Morgan fingerprint density at radius 3 is 2.76 bits per heavy atom. The molecule has 1 aromatic carbocycles. The van der Waals surface area contributed by atoms with Crippen LogP contribution in [0.4, 0.5) is 11.4 Å². The smallest absolute Gasteiger partial charge is 0.226 e. The zero-order valence-corrected chi connectivity index (χ0v) is 12.6. The third-order valence-electron chi connectivity index (χ3n) is 3.36. The number of nitrogens with zero attached hydrogens (tertiary/aromatic N) is 2. The molecule has 0 atom stereocenters. The van der Waals surface area contributed by atoms with Crippen LogP contribution in [0.25, 0.3) is 0 Å². The van der Waals surface area contributed by atoms with Gasteiger partial charge in [-0.25, -0.2) is 0 Å². The van der Waals surface area contributed by atoms with E-state index in [0.29, 0.717) is 18.7 Å². The molecule has 21 heavy (non-hydrogen) atoms. The van der Waals surface area contributed by atoms with Gasteiger partial charge in [-0.15, -0.1) is 0 Å². The molecule has 0 fully saturated rings. The fourth-order valence-corrected chi connectivity index (χ4v) is 2.21. The minimum absolute atomic E-state index is 0.0313. The number of hydrogen-bond donors (Lipinski definition) is 2. The maximum Gasteiger partial charge on any atom is 0.226 e. The molecular formula is C16H22N4O. The van der Waals surface area contributed by atoms with E-state index < -0.39 is 0 Å². The summed E-state index contributed by atoms with van der Waals surface area (Å²) in [6, 6.07) is 9.30. The fraction of sp³-hybridized carbons (Fsp3) is 0.375. The number of aromatic nitrogens is 2. The van der Waals surface area contributed by atoms with Gasteiger partial charge >= 0.3 is 0 Å². The third kappa shape index (κ3) is 4.08. The number of rotatable bonds is 6. The Hall–Kier alpha value is -2.30. The van der Waals surface area contributed by atoms with Crippen LogP contribution in [0.1, 0.15) is 31.7 Å². The number of amides is 1. The lowest BCUT2D eigenvalue weighted by molar-refractivity contribution is -0.116. The van der Waals surface area contributed by atoms with Gasteiger partial charge in [0.25, 0.3) is 0 Å². The van der Waals surface area contributed by atoms with E-state index in [-0.39, 0.29) is 5.91 Å². The summed E-state index contributed by atoms with van der Waals surface area (Å²) in [6.45, 7) is 4.77. The quantitative estimate of drug-likeness (QED) is 0.802. The highest BCUT2D eigenvalue weighted by molar-refractivity contribution is 5.91. The first kappa shape index (κ1) is 15.1. The van der Waals surface area contributed by atoms with E-state index in [1.165, 1.54) is 5.69 Å². The van der Waals surface area contributed by atoms with E-state index in [1.807, 2.05) is 16.8 Å². The lowest BCUT2D eigenvalue weighted by Gasteiger charge is -2.08. The van der Waals surface area contributed by atoms with Gasteiger partial charge in [0, 0.05) is 30.0 Å². The molecule has 2 rings (SSSR count). The number of nitrogens with two attached hydrogens (primary N) is 1. The maximum absolute atomic E-state index is 12.0. The van der Waals surface area contributed by atoms with Crippen LogP contribution in [-0.4, -0.2) is 15.7 Å². The highest BCUT2D eigenvalue weighted by Crippen LogP contribution is 2.12. The molecular weight excluding hydrogens is 264 g/mol. The Bertz CT molecular complexity index is 618. The van der Waals surface area contributed by atoms with Crippen LogP contribution < -0.4 is 11.1 Å². The molecule has 0 bridgehead atoms. The zero-order valence-electron chi connectivity index (χ0n) is 12.6. The zero-order chi connectivity index (χ0) is 15.2. The van der Waals surface area contributed by atoms with Crippen molar-refractivity contribution in [2.24, 2.45) is 0 Å². The van der Waals surface area contributed by atoms with E-state index >= 15 is 0 Å². The first-order valence-corrected chi connectivity index (χ1v) is 7.33. The van der Waals surface area contributed by atoms with E-state index in [9.17, 15) is 4.79 Å². The second kappa shape index (κ2) is 6.92. The van der Waals surface area contributed by atoms with E-state index in [1.54, 1.807) is 12.1 Å². The van der Waals surface area contributed by atoms with Crippen molar-refractivity contribution in [3.05, 3.63) is 41.7 Å². The summed E-state index contributed by atoms with van der Waals surface area (Å²) in [4.78, 5) is 12.0. The van der Waals surface area contributed by atoms with Crippen molar-refractivity contribution in [3.63, 3.8) is 0 Å². The largest absolute Gasteiger partial charge is 0.399 e. The van der Waals surface area contributed by atoms with Crippen LogP contribution in [0, 0.1) is 0 Å². The second-order valence-electron chi connectivity index (χ2n) is 4.98. The molecule has 0 spiro atoms. The predicted octanol–water partition coefficient (Wildman–Crippen LogP) is 2.62. The topological polar surface area (TPSA) is 72.9 Å². The summed E-state index contributed by atoms with van der Waals surface area (Å²) < 4.78 is 1.93. The molecule has 0 aliphatic carbocycles. The average molecular weight is 286 g/mol. The predicted molar refractivity (Wildman–Crippen MR) is 85.1 cm³/mol. The number of hydrogen-bond acceptors (Lipinski definition) is 3. The molecule has 1 heterocycles. The van der Waals surface area contributed by atoms with E-state index in [0.717, 1.165) is 24.2 Å². The minimum atomic E-state index is -0.0313. The van der Waals surface area contributed by atoms with Crippen LogP contribution in [-0.2, 0) is 24.2 Å². The number of anilines is 2. The van der Waals surface area contributed by atoms with Gasteiger partial charge < -0.3 is 11.1 Å². The number of nitrogens with one attached hydrogen (secondary N) is 1. The third-order valence-corrected chi connectivity index (χ3v) is 3.36. The van der Waals surface area contributed by atoms with Crippen LogP contribution in [0.5, 0.6) is 0 Å². The van der Waals surface area contributed by atoms with Crippen molar-refractivity contribution in [2.45, 2.75) is 39.7 Å². The monoisotopic (exact) mass is 286 g/mol. The number of carbonyl (C=O) groups excluding carboxylic acids is 1. The molecule has 0 radical (unpaired) electrons. The van der Waals surface area contributed by atoms with Gasteiger partial charge in [-0.1, -0.05) is 19.9 Å². The molecule has 1 amide bonds. The van der Waals surface area contributed by atoms with Crippen LogP contribution in [0.3, 0.4) is 0 Å². The first-order valence-electron chi connectivity index (χ1n) is 7.33. The summed E-state index contributed by atoms with van der Waals surface area (Å²) in [5.74, 6) is -0.0313. The van der Waals surface area contributed by atoms with Gasteiger partial charge in [0.15, 0.2) is 0 Å². The average Bonchev–Trinajstić information content (AvgIpc) is 2.87. The summed E-state index contributed by atoms with van der Waals surface area (Å²) in [5.41, 5.74) is 9.30. The van der Waals surface area contributed by atoms with E-state index in [4.69, 9.17) is 5.73 Å². The van der Waals surface area contributed by atoms with Crippen molar-refractivity contribution < 1.29 is 4.79 Å². The molecule has 1 aromatic heterocycles. The summed E-state index contributed by atoms with van der Waals surface area (Å²) in [6.07, 6.45) is 2.23. The van der Waals surface area contributed by atoms with Crippen molar-refractivity contribution >= 4 is 17.3 Å². The Morgan fingerprint density at radius 1 is 1.29 bits per heavy atom. The number of carbonyl (C=O) groups is 1. The molecule has 0 saturated carbocycles. The lowest BCUT2D eigenvalue weighted by Crippen LogP contribution is -2.16. The maximum atomic E-state index is 12.0. The second-order valence-corrected chi connectivity index (χ2v) is 4.98. The molecule has 0 saturated heterocycles. The summed E-state index contributed by atoms with van der Waals surface area (Å²) in [5, 5.41) is 7.36. The highest BCUT2D eigenvalue weighted by Gasteiger charge is 2.08. The van der Waals surface area contributed by atoms with Crippen molar-refractivity contribution in [3.8, 4) is 0 Å². The van der Waals surface area contributed by atoms with Gasteiger partial charge in [-0.3, -0.25) is 9.48 Å². The summed E-state index contributed by atoms with van der Waals surface area (Å²) in [7, 11) is 0. The number of benzene rings is 1. The van der Waals surface area contributed by atoms with Crippen LogP contribution in [0.2, 0.25) is 0 Å². The molecule has 0 aliphatic rings. The number of aryl methyl sites for hydroxylation is 3. The van der Waals surface area contributed by atoms with Gasteiger partial charge in [-0.05, 0) is 37.1 Å². The fourth-order valence-electron chi connectivity index (χ4n) is 2.21. The lowest BCUT2D eigenvalue weighted by atomic mass is 10.2. The van der Waals surface area contributed by atoms with Gasteiger partial charge in [0.2, 0.25) is 5.91 Å². The SMILES string of the molecule is CCc1cc(CC)n(CCC(=O)Nc2cccc(N)c2)n1. The Balaban J connectivity index is 1.93. The Morgan fingerprint density at radius 2 is 2.10 bits per heavy atom. The van der Waals surface area contributed by atoms with E-state index in [2.05, 4.69) is 30.3 Å². The first-order chi connectivity index (χ1) is 10.1. The van der Waals surface area contributed by atoms with Crippen LogP contribution >= 0.6 is 0 Å². The standard InChI is InChI=1S/C16H22N4O/c1-3-13-11-15(4-2)20(19-13)9-8-16(21)18-14-7-5-6-12(17)10-14/h5-7,10-11H,3-4,8-9,17H2,1-2H3,(H,18,21). The normalized spacial score (nSPS) is 10.6. The van der Waals surface area contributed by atoms with Gasteiger partial charge in [-0.2, -0.15) is 5.10 Å². The Kier molecular flexibility index (Phi) is 4.98. The van der Waals surface area contributed by atoms with Crippen molar-refractivity contribution in [2.75, 3.05) is 11.1 Å². The number of nitrogen functional groups attached to an aromatic ring is 1.